The normalized spacial score (nSPS) is 17.5. The fourth-order valence-electron chi connectivity index (χ4n) is 4.19. The van der Waals surface area contributed by atoms with E-state index in [1.165, 1.54) is 11.3 Å². The van der Waals surface area contributed by atoms with Crippen LogP contribution in [-0.4, -0.2) is 27.4 Å². The van der Waals surface area contributed by atoms with Gasteiger partial charge < -0.3 is 14.6 Å². The van der Waals surface area contributed by atoms with Gasteiger partial charge in [-0.1, -0.05) is 24.9 Å². The third-order valence-electron chi connectivity index (χ3n) is 5.40. The van der Waals surface area contributed by atoms with E-state index in [-0.39, 0.29) is 0 Å². The summed E-state index contributed by atoms with van der Waals surface area (Å²) in [5, 5.41) is 5.24. The molecule has 2 unspecified atom stereocenters. The Kier molecular flexibility index (Phi) is 5.45. The third-order valence-corrected chi connectivity index (χ3v) is 6.92. The summed E-state index contributed by atoms with van der Waals surface area (Å²) in [4.78, 5) is 5.36. The standard InChI is InChI=1S/C21H24ClN3O2S/c1-4-5-17-20-16-9-14(28(26)15-8-13(22)11-23-12-15)10-19(27-3)21(16)25(2)18(20)6-7-24-17/h8-12,17,24H,4-7H2,1-3H3. The number of fused-ring (bicyclic) bond motifs is 3. The molecule has 1 aliphatic rings. The van der Waals surface area contributed by atoms with E-state index in [4.69, 9.17) is 16.3 Å². The predicted octanol–water partition coefficient (Wildman–Crippen LogP) is 4.39. The van der Waals surface area contributed by atoms with Gasteiger partial charge >= 0.3 is 0 Å². The van der Waals surface area contributed by atoms with Crippen molar-refractivity contribution in [3.8, 4) is 5.75 Å². The number of nitrogens with one attached hydrogen (secondary N) is 1. The minimum Gasteiger partial charge on any atom is -0.495 e. The summed E-state index contributed by atoms with van der Waals surface area (Å²) < 4.78 is 21.2. The van der Waals surface area contributed by atoms with Gasteiger partial charge in [0.25, 0.3) is 0 Å². The Morgan fingerprint density at radius 1 is 1.32 bits per heavy atom. The highest BCUT2D eigenvalue weighted by atomic mass is 35.5. The fourth-order valence-corrected chi connectivity index (χ4v) is 5.53. The minimum absolute atomic E-state index is 0.304. The molecule has 3 aromatic rings. The first-order chi connectivity index (χ1) is 13.5. The number of benzene rings is 1. The van der Waals surface area contributed by atoms with E-state index in [1.54, 1.807) is 25.6 Å². The number of halogens is 1. The second-order valence-corrected chi connectivity index (χ2v) is 9.01. The summed E-state index contributed by atoms with van der Waals surface area (Å²) in [6, 6.07) is 5.92. The first-order valence-electron chi connectivity index (χ1n) is 9.50. The average Bonchev–Trinajstić information content (AvgIpc) is 3.00. The maximum Gasteiger partial charge on any atom is 0.144 e. The number of hydrogen-bond donors (Lipinski definition) is 1. The highest BCUT2D eigenvalue weighted by molar-refractivity contribution is 7.85. The van der Waals surface area contributed by atoms with Gasteiger partial charge in [0.1, 0.15) is 5.75 Å². The quantitative estimate of drug-likeness (QED) is 0.668. The Morgan fingerprint density at radius 3 is 2.86 bits per heavy atom. The molecule has 0 saturated carbocycles. The van der Waals surface area contributed by atoms with Crippen molar-refractivity contribution < 1.29 is 8.95 Å². The number of rotatable bonds is 5. The summed E-state index contributed by atoms with van der Waals surface area (Å²) in [6.07, 6.45) is 6.28. The Bertz CT molecular complexity index is 1060. The lowest BCUT2D eigenvalue weighted by molar-refractivity contribution is 0.416. The third kappa shape index (κ3) is 3.23. The van der Waals surface area contributed by atoms with Crippen LogP contribution in [0.25, 0.3) is 10.9 Å². The molecule has 1 aromatic carbocycles. The van der Waals surface area contributed by atoms with E-state index in [2.05, 4.69) is 28.8 Å². The average molecular weight is 418 g/mol. The molecule has 7 heteroatoms. The van der Waals surface area contributed by atoms with Gasteiger partial charge in [0, 0.05) is 54.4 Å². The lowest BCUT2D eigenvalue weighted by atomic mass is 9.94. The molecule has 0 aliphatic carbocycles. The molecule has 1 aliphatic heterocycles. The highest BCUT2D eigenvalue weighted by Gasteiger charge is 2.28. The molecule has 0 radical (unpaired) electrons. The number of methoxy groups -OCH3 is 1. The van der Waals surface area contributed by atoms with E-state index >= 15 is 0 Å². The SMILES string of the molecule is CCCC1NCCc2c1c1cc(S(=O)c3cncc(Cl)c3)cc(OC)c1n2C. The van der Waals surface area contributed by atoms with E-state index in [0.717, 1.165) is 42.5 Å². The smallest absolute Gasteiger partial charge is 0.144 e. The molecule has 4 rings (SSSR count). The molecule has 3 heterocycles. The Morgan fingerprint density at radius 2 is 2.14 bits per heavy atom. The summed E-state index contributed by atoms with van der Waals surface area (Å²) in [7, 11) is 2.37. The molecule has 0 fully saturated rings. The Labute approximate surface area is 172 Å². The van der Waals surface area contributed by atoms with Crippen molar-refractivity contribution >= 4 is 33.3 Å². The summed E-state index contributed by atoms with van der Waals surface area (Å²) in [6.45, 7) is 3.17. The van der Waals surface area contributed by atoms with Crippen LogP contribution >= 0.6 is 11.6 Å². The maximum atomic E-state index is 13.2. The van der Waals surface area contributed by atoms with Crippen LogP contribution in [-0.2, 0) is 24.3 Å². The lowest BCUT2D eigenvalue weighted by Gasteiger charge is -2.25. The minimum atomic E-state index is -1.39. The van der Waals surface area contributed by atoms with Crippen molar-refractivity contribution in [3.05, 3.63) is 46.9 Å². The van der Waals surface area contributed by atoms with E-state index < -0.39 is 10.8 Å². The Hall–Kier alpha value is -1.89. The van der Waals surface area contributed by atoms with Crippen molar-refractivity contribution in [3.63, 3.8) is 0 Å². The molecule has 2 aromatic heterocycles. The van der Waals surface area contributed by atoms with Crippen LogP contribution in [0.3, 0.4) is 0 Å². The lowest BCUT2D eigenvalue weighted by Crippen LogP contribution is -2.30. The number of aromatic nitrogens is 2. The monoisotopic (exact) mass is 417 g/mol. The molecule has 28 heavy (non-hydrogen) atoms. The maximum absolute atomic E-state index is 13.2. The van der Waals surface area contributed by atoms with Crippen molar-refractivity contribution in [2.75, 3.05) is 13.7 Å². The zero-order valence-electron chi connectivity index (χ0n) is 16.3. The van der Waals surface area contributed by atoms with E-state index in [1.807, 2.05) is 12.1 Å². The van der Waals surface area contributed by atoms with Crippen LogP contribution in [0.15, 0.2) is 40.4 Å². The molecule has 5 nitrogen and oxygen atoms in total. The van der Waals surface area contributed by atoms with E-state index in [0.29, 0.717) is 20.9 Å². The van der Waals surface area contributed by atoms with Gasteiger partial charge in [-0.3, -0.25) is 4.98 Å². The zero-order chi connectivity index (χ0) is 19.8. The number of hydrogen-bond acceptors (Lipinski definition) is 4. The number of ether oxygens (including phenoxy) is 1. The van der Waals surface area contributed by atoms with Crippen molar-refractivity contribution in [2.24, 2.45) is 7.05 Å². The highest BCUT2D eigenvalue weighted by Crippen LogP contribution is 2.40. The van der Waals surface area contributed by atoms with Crippen LogP contribution < -0.4 is 10.1 Å². The predicted molar refractivity (Wildman–Crippen MR) is 113 cm³/mol. The van der Waals surface area contributed by atoms with Gasteiger partial charge in [-0.2, -0.15) is 0 Å². The van der Waals surface area contributed by atoms with Gasteiger partial charge in [0.2, 0.25) is 0 Å². The van der Waals surface area contributed by atoms with Crippen molar-refractivity contribution in [1.29, 1.82) is 0 Å². The van der Waals surface area contributed by atoms with Gasteiger partial charge in [-0.25, -0.2) is 4.21 Å². The number of nitrogens with zero attached hydrogens (tertiary/aromatic N) is 2. The van der Waals surface area contributed by atoms with Crippen molar-refractivity contribution in [1.82, 2.24) is 14.9 Å². The van der Waals surface area contributed by atoms with Gasteiger partial charge in [0.15, 0.2) is 0 Å². The van der Waals surface area contributed by atoms with Crippen LogP contribution in [0.1, 0.15) is 37.1 Å². The fraction of sp³-hybridized carbons (Fsp3) is 0.381. The van der Waals surface area contributed by atoms with Crippen LogP contribution in [0, 0.1) is 0 Å². The van der Waals surface area contributed by atoms with Crippen LogP contribution in [0.5, 0.6) is 5.75 Å². The first kappa shape index (κ1) is 19.4. The second-order valence-electron chi connectivity index (χ2n) is 7.09. The largest absolute Gasteiger partial charge is 0.495 e. The molecule has 0 spiro atoms. The second kappa shape index (κ2) is 7.85. The van der Waals surface area contributed by atoms with Gasteiger partial charge in [-0.05, 0) is 30.2 Å². The molecule has 0 saturated heterocycles. The Balaban J connectivity index is 1.93. The molecular formula is C21H24ClN3O2S. The van der Waals surface area contributed by atoms with Crippen molar-refractivity contribution in [2.45, 2.75) is 42.0 Å². The molecule has 148 valence electrons. The molecular weight excluding hydrogens is 394 g/mol. The first-order valence-corrected chi connectivity index (χ1v) is 11.0. The molecule has 0 bridgehead atoms. The number of pyridine rings is 1. The number of aryl methyl sites for hydroxylation is 1. The van der Waals surface area contributed by atoms with Gasteiger partial charge in [-0.15, -0.1) is 0 Å². The molecule has 0 amide bonds. The van der Waals surface area contributed by atoms with Crippen LogP contribution in [0.4, 0.5) is 0 Å². The summed E-state index contributed by atoms with van der Waals surface area (Å²) in [5.74, 6) is 0.739. The van der Waals surface area contributed by atoms with Gasteiger partial charge in [0.05, 0.1) is 33.3 Å². The van der Waals surface area contributed by atoms with E-state index in [9.17, 15) is 4.21 Å². The van der Waals surface area contributed by atoms with Crippen LogP contribution in [0.2, 0.25) is 5.02 Å². The topological polar surface area (TPSA) is 56.1 Å². The zero-order valence-corrected chi connectivity index (χ0v) is 17.9. The summed E-state index contributed by atoms with van der Waals surface area (Å²) >= 11 is 6.05. The molecule has 1 N–H and O–H groups in total. The summed E-state index contributed by atoms with van der Waals surface area (Å²) in [5.41, 5.74) is 3.70. The molecule has 2 atom stereocenters.